The van der Waals surface area contributed by atoms with Crippen LogP contribution in [0.1, 0.15) is 18.5 Å². The second kappa shape index (κ2) is 6.46. The molecule has 2 nitrogen and oxygen atoms in total. The lowest BCUT2D eigenvalue weighted by Gasteiger charge is -2.17. The number of hydrogen-bond acceptors (Lipinski definition) is 2. The fourth-order valence-electron chi connectivity index (χ4n) is 1.86. The molecule has 0 aliphatic heterocycles. The van der Waals surface area contributed by atoms with Crippen LogP contribution >= 0.6 is 27.5 Å². The van der Waals surface area contributed by atoms with Gasteiger partial charge in [0.05, 0.1) is 12.1 Å². The standard InChI is InChI=1S/C15H14BrClFNO/c1-9(10-3-6-14(18)15(7-10)20-2)19-11-4-5-13(17)12(16)8-11/h3-9,19H,1-2H3. The zero-order valence-electron chi connectivity index (χ0n) is 11.1. The second-order valence-electron chi connectivity index (χ2n) is 4.39. The molecule has 1 unspecified atom stereocenters. The van der Waals surface area contributed by atoms with Crippen LogP contribution in [0.25, 0.3) is 0 Å². The number of rotatable bonds is 4. The molecule has 0 aliphatic carbocycles. The van der Waals surface area contributed by atoms with Crippen molar-refractivity contribution in [3.63, 3.8) is 0 Å². The molecule has 0 fully saturated rings. The molecule has 20 heavy (non-hydrogen) atoms. The quantitative estimate of drug-likeness (QED) is 0.787. The molecule has 2 aromatic carbocycles. The molecular formula is C15H14BrClFNO. The van der Waals surface area contributed by atoms with Gasteiger partial charge in [-0.3, -0.25) is 0 Å². The van der Waals surface area contributed by atoms with E-state index in [0.29, 0.717) is 5.02 Å². The van der Waals surface area contributed by atoms with Crippen molar-refractivity contribution in [3.8, 4) is 5.75 Å². The third kappa shape index (κ3) is 3.44. The van der Waals surface area contributed by atoms with Gasteiger partial charge in [0.2, 0.25) is 0 Å². The summed E-state index contributed by atoms with van der Waals surface area (Å²) in [7, 11) is 1.45. The molecule has 0 aliphatic rings. The Labute approximate surface area is 131 Å². The maximum Gasteiger partial charge on any atom is 0.165 e. The summed E-state index contributed by atoms with van der Waals surface area (Å²) in [6.45, 7) is 2.00. The first-order valence-corrected chi connectivity index (χ1v) is 7.23. The Kier molecular flexibility index (Phi) is 4.89. The van der Waals surface area contributed by atoms with E-state index in [-0.39, 0.29) is 17.6 Å². The molecule has 0 heterocycles. The Morgan fingerprint density at radius 2 is 2.00 bits per heavy atom. The van der Waals surface area contributed by atoms with E-state index in [1.54, 1.807) is 12.1 Å². The lowest BCUT2D eigenvalue weighted by molar-refractivity contribution is 0.385. The third-order valence-corrected chi connectivity index (χ3v) is 4.19. The first-order chi connectivity index (χ1) is 9.51. The van der Waals surface area contributed by atoms with Gasteiger partial charge in [0, 0.05) is 16.2 Å². The Morgan fingerprint density at radius 1 is 1.25 bits per heavy atom. The molecule has 0 radical (unpaired) electrons. The summed E-state index contributed by atoms with van der Waals surface area (Å²) in [4.78, 5) is 0. The van der Waals surface area contributed by atoms with Crippen molar-refractivity contribution in [1.82, 2.24) is 0 Å². The molecule has 0 spiro atoms. The number of halogens is 3. The van der Waals surface area contributed by atoms with Gasteiger partial charge in [0.15, 0.2) is 11.6 Å². The van der Waals surface area contributed by atoms with Gasteiger partial charge in [-0.05, 0) is 58.7 Å². The van der Waals surface area contributed by atoms with E-state index in [1.807, 2.05) is 25.1 Å². The predicted molar refractivity (Wildman–Crippen MR) is 84.1 cm³/mol. The molecule has 0 saturated heterocycles. The fourth-order valence-corrected chi connectivity index (χ4v) is 2.36. The summed E-state index contributed by atoms with van der Waals surface area (Å²) >= 11 is 9.34. The number of ether oxygens (including phenoxy) is 1. The van der Waals surface area contributed by atoms with Crippen LogP contribution in [-0.2, 0) is 0 Å². The van der Waals surface area contributed by atoms with Crippen LogP contribution in [-0.4, -0.2) is 7.11 Å². The molecule has 0 amide bonds. The lowest BCUT2D eigenvalue weighted by Crippen LogP contribution is -2.07. The van der Waals surface area contributed by atoms with Crippen LogP contribution in [0.3, 0.4) is 0 Å². The van der Waals surface area contributed by atoms with E-state index in [1.165, 1.54) is 13.2 Å². The Bertz CT molecular complexity index is 621. The topological polar surface area (TPSA) is 21.3 Å². The maximum atomic E-state index is 13.4. The Hall–Kier alpha value is -1.26. The fraction of sp³-hybridized carbons (Fsp3) is 0.200. The Morgan fingerprint density at radius 3 is 2.65 bits per heavy atom. The van der Waals surface area contributed by atoms with Crippen LogP contribution < -0.4 is 10.1 Å². The molecule has 0 saturated carbocycles. The SMILES string of the molecule is COc1cc(C(C)Nc2ccc(Cl)c(Br)c2)ccc1F. The van der Waals surface area contributed by atoms with Gasteiger partial charge in [-0.25, -0.2) is 4.39 Å². The van der Waals surface area contributed by atoms with Gasteiger partial charge in [-0.1, -0.05) is 17.7 Å². The normalized spacial score (nSPS) is 12.1. The van der Waals surface area contributed by atoms with Crippen LogP contribution in [0.2, 0.25) is 5.02 Å². The van der Waals surface area contributed by atoms with E-state index in [4.69, 9.17) is 16.3 Å². The summed E-state index contributed by atoms with van der Waals surface area (Å²) in [6, 6.07) is 10.5. The molecular weight excluding hydrogens is 345 g/mol. The summed E-state index contributed by atoms with van der Waals surface area (Å²) in [5, 5.41) is 3.99. The monoisotopic (exact) mass is 357 g/mol. The van der Waals surface area contributed by atoms with Crippen molar-refractivity contribution in [2.45, 2.75) is 13.0 Å². The smallest absolute Gasteiger partial charge is 0.165 e. The number of methoxy groups -OCH3 is 1. The van der Waals surface area contributed by atoms with Gasteiger partial charge in [-0.2, -0.15) is 0 Å². The Balaban J connectivity index is 2.19. The van der Waals surface area contributed by atoms with E-state index in [9.17, 15) is 4.39 Å². The van der Waals surface area contributed by atoms with Crippen LogP contribution in [0, 0.1) is 5.82 Å². The number of nitrogens with one attached hydrogen (secondary N) is 1. The van der Waals surface area contributed by atoms with Gasteiger partial charge in [-0.15, -0.1) is 0 Å². The number of hydrogen-bond donors (Lipinski definition) is 1. The van der Waals surface area contributed by atoms with E-state index in [2.05, 4.69) is 21.2 Å². The highest BCUT2D eigenvalue weighted by Crippen LogP contribution is 2.29. The minimum atomic E-state index is -0.363. The van der Waals surface area contributed by atoms with Crippen LogP contribution in [0.15, 0.2) is 40.9 Å². The highest BCUT2D eigenvalue weighted by atomic mass is 79.9. The highest BCUT2D eigenvalue weighted by molar-refractivity contribution is 9.10. The van der Waals surface area contributed by atoms with Crippen molar-refractivity contribution in [1.29, 1.82) is 0 Å². The molecule has 1 N–H and O–H groups in total. The van der Waals surface area contributed by atoms with E-state index in [0.717, 1.165) is 15.7 Å². The van der Waals surface area contributed by atoms with Crippen LogP contribution in [0.4, 0.5) is 10.1 Å². The first-order valence-electron chi connectivity index (χ1n) is 6.06. The van der Waals surface area contributed by atoms with Crippen molar-refractivity contribution >= 4 is 33.2 Å². The van der Waals surface area contributed by atoms with Crippen LogP contribution in [0.5, 0.6) is 5.75 Å². The van der Waals surface area contributed by atoms with E-state index >= 15 is 0 Å². The molecule has 0 bridgehead atoms. The highest BCUT2D eigenvalue weighted by Gasteiger charge is 2.10. The van der Waals surface area contributed by atoms with Gasteiger partial charge in [0.1, 0.15) is 0 Å². The lowest BCUT2D eigenvalue weighted by atomic mass is 10.1. The average molecular weight is 359 g/mol. The summed E-state index contributed by atoms with van der Waals surface area (Å²) in [6.07, 6.45) is 0. The zero-order valence-corrected chi connectivity index (χ0v) is 13.4. The van der Waals surface area contributed by atoms with Crippen molar-refractivity contribution in [2.75, 3.05) is 12.4 Å². The second-order valence-corrected chi connectivity index (χ2v) is 5.65. The predicted octanol–water partition coefficient (Wildman–Crippen LogP) is 5.42. The number of anilines is 1. The third-order valence-electron chi connectivity index (χ3n) is 2.98. The molecule has 106 valence electrons. The van der Waals surface area contributed by atoms with Gasteiger partial charge in [0.25, 0.3) is 0 Å². The number of benzene rings is 2. The summed E-state index contributed by atoms with van der Waals surface area (Å²) < 4.78 is 19.2. The largest absolute Gasteiger partial charge is 0.494 e. The minimum absolute atomic E-state index is 0.0116. The van der Waals surface area contributed by atoms with Gasteiger partial charge >= 0.3 is 0 Å². The summed E-state index contributed by atoms with van der Waals surface area (Å²) in [5.41, 5.74) is 1.87. The first kappa shape index (κ1) is 15.1. The van der Waals surface area contributed by atoms with Crippen molar-refractivity contribution in [3.05, 3.63) is 57.3 Å². The maximum absolute atomic E-state index is 13.4. The van der Waals surface area contributed by atoms with Crippen molar-refractivity contribution in [2.24, 2.45) is 0 Å². The average Bonchev–Trinajstić information content (AvgIpc) is 2.43. The summed E-state index contributed by atoms with van der Waals surface area (Å²) in [5.74, 6) is -0.119. The molecule has 1 atom stereocenters. The molecule has 5 heteroatoms. The molecule has 2 aromatic rings. The zero-order chi connectivity index (χ0) is 14.7. The van der Waals surface area contributed by atoms with E-state index < -0.39 is 0 Å². The van der Waals surface area contributed by atoms with Gasteiger partial charge < -0.3 is 10.1 Å². The molecule has 0 aromatic heterocycles. The molecule has 2 rings (SSSR count). The minimum Gasteiger partial charge on any atom is -0.494 e. The van der Waals surface area contributed by atoms with Crippen molar-refractivity contribution < 1.29 is 9.13 Å².